The third-order valence-corrected chi connectivity index (χ3v) is 4.17. The van der Waals surface area contributed by atoms with Crippen molar-refractivity contribution < 1.29 is 28.9 Å². The monoisotopic (exact) mass is 414 g/mol. The maximum Gasteiger partial charge on any atom is 0.331 e. The number of carbonyl (C=O) groups excluding carboxylic acids is 1. The minimum Gasteiger partial charge on any atom is -0.478 e. The molecule has 0 aliphatic carbocycles. The van der Waals surface area contributed by atoms with Crippen LogP contribution in [0, 0.1) is 0 Å². The fourth-order valence-electron chi connectivity index (χ4n) is 2.30. The Bertz CT molecular complexity index is 681. The second-order valence-corrected chi connectivity index (χ2v) is 7.69. The molecule has 1 fully saturated rings. The van der Waals surface area contributed by atoms with Crippen LogP contribution in [0.1, 0.15) is 20.8 Å². The molecule has 0 amide bonds. The van der Waals surface area contributed by atoms with Crippen LogP contribution in [0.2, 0.25) is 0 Å². The number of morpholine rings is 1. The van der Waals surface area contributed by atoms with Gasteiger partial charge in [0.2, 0.25) is 5.82 Å². The van der Waals surface area contributed by atoms with Crippen molar-refractivity contribution in [3.63, 3.8) is 0 Å². The number of esters is 1. The number of aliphatic carboxylic acids is 1. The van der Waals surface area contributed by atoms with Gasteiger partial charge in [0.15, 0.2) is 0 Å². The Balaban J connectivity index is 1.98. The van der Waals surface area contributed by atoms with Crippen molar-refractivity contribution in [2.24, 2.45) is 0 Å². The van der Waals surface area contributed by atoms with Gasteiger partial charge in [-0.05, 0) is 20.8 Å². The zero-order valence-corrected chi connectivity index (χ0v) is 17.0. The first-order valence-corrected chi connectivity index (χ1v) is 9.62. The van der Waals surface area contributed by atoms with Crippen LogP contribution in [0.15, 0.2) is 12.2 Å². The van der Waals surface area contributed by atoms with E-state index in [0.717, 1.165) is 23.9 Å². The molecule has 0 unspecified atom stereocenters. The molecule has 1 aromatic heterocycles. The number of nitrogens with zero attached hydrogens (tertiary/aromatic N) is 3. The molecule has 2 rings (SSSR count). The molecule has 0 radical (unpaired) electrons. The number of anilines is 1. The number of carbonyl (C=O) groups is 2. The quantitative estimate of drug-likeness (QED) is 0.441. The highest BCUT2D eigenvalue weighted by atomic mass is 32.1. The van der Waals surface area contributed by atoms with Gasteiger partial charge in [0, 0.05) is 37.3 Å². The van der Waals surface area contributed by atoms with Crippen LogP contribution in [0.3, 0.4) is 0 Å². The summed E-state index contributed by atoms with van der Waals surface area (Å²) in [6, 6.07) is 0. The number of hydrogen-bond acceptors (Lipinski definition) is 10. The summed E-state index contributed by atoms with van der Waals surface area (Å²) in [5.41, 5.74) is -0.192. The fraction of sp³-hybridized carbons (Fsp3) is 0.647. The second kappa shape index (κ2) is 10.3. The van der Waals surface area contributed by atoms with Crippen molar-refractivity contribution in [1.29, 1.82) is 0 Å². The lowest BCUT2D eigenvalue weighted by molar-refractivity contribution is -0.145. The van der Waals surface area contributed by atoms with E-state index in [4.69, 9.17) is 19.3 Å². The molecule has 2 heterocycles. The summed E-state index contributed by atoms with van der Waals surface area (Å²) in [5.74, 6) is -0.949. The standard InChI is InChI=1S/C17H26N4O6S/c1-17(2,3)18-10-12(27-14(24)5-4-13(22)23)11-26-16-15(19-28-20-16)21-6-8-25-9-7-21/h4-5,12,18H,6-11H2,1-3H3,(H,22,23)/b5-4-/t12-/m0/s1. The zero-order valence-electron chi connectivity index (χ0n) is 16.2. The summed E-state index contributed by atoms with van der Waals surface area (Å²) in [6.07, 6.45) is 0.971. The molecule has 1 atom stereocenters. The molecular formula is C17H26N4O6S. The molecule has 1 aliphatic heterocycles. The van der Waals surface area contributed by atoms with E-state index in [9.17, 15) is 9.59 Å². The Morgan fingerprint density at radius 3 is 2.68 bits per heavy atom. The van der Waals surface area contributed by atoms with Crippen LogP contribution in [-0.2, 0) is 19.1 Å². The number of rotatable bonds is 9. The number of carboxylic acids is 1. The number of hydrogen-bond donors (Lipinski definition) is 2. The van der Waals surface area contributed by atoms with E-state index in [1.165, 1.54) is 0 Å². The van der Waals surface area contributed by atoms with Crippen molar-refractivity contribution in [2.75, 3.05) is 44.4 Å². The number of carboxylic acid groups (broad SMARTS) is 1. The van der Waals surface area contributed by atoms with E-state index in [2.05, 4.69) is 14.1 Å². The first-order chi connectivity index (χ1) is 13.2. The van der Waals surface area contributed by atoms with E-state index < -0.39 is 18.0 Å². The van der Waals surface area contributed by atoms with Crippen LogP contribution in [0.25, 0.3) is 0 Å². The fourth-order valence-corrected chi connectivity index (χ4v) is 2.82. The predicted octanol–water partition coefficient (Wildman–Crippen LogP) is 0.694. The zero-order chi connectivity index (χ0) is 20.6. The maximum atomic E-state index is 11.9. The highest BCUT2D eigenvalue weighted by Gasteiger charge is 2.23. The van der Waals surface area contributed by atoms with Crippen LogP contribution in [0.4, 0.5) is 5.82 Å². The molecule has 11 heteroatoms. The Hall–Kier alpha value is -2.24. The van der Waals surface area contributed by atoms with Gasteiger partial charge in [-0.15, -0.1) is 4.37 Å². The summed E-state index contributed by atoms with van der Waals surface area (Å²) in [4.78, 5) is 24.4. The molecule has 10 nitrogen and oxygen atoms in total. The molecule has 1 aromatic rings. The minimum absolute atomic E-state index is 0.0541. The largest absolute Gasteiger partial charge is 0.478 e. The Kier molecular flexibility index (Phi) is 8.15. The van der Waals surface area contributed by atoms with Crippen molar-refractivity contribution >= 4 is 29.5 Å². The lowest BCUT2D eigenvalue weighted by Crippen LogP contribution is -2.44. The van der Waals surface area contributed by atoms with Gasteiger partial charge in [-0.3, -0.25) is 0 Å². The third-order valence-electron chi connectivity index (χ3n) is 3.66. The minimum atomic E-state index is -1.22. The molecule has 0 saturated carbocycles. The molecule has 1 aliphatic rings. The number of nitrogens with one attached hydrogen (secondary N) is 1. The highest BCUT2D eigenvalue weighted by molar-refractivity contribution is 6.99. The smallest absolute Gasteiger partial charge is 0.331 e. The first-order valence-electron chi connectivity index (χ1n) is 8.89. The van der Waals surface area contributed by atoms with E-state index in [1.54, 1.807) is 0 Å². The molecule has 28 heavy (non-hydrogen) atoms. The van der Waals surface area contributed by atoms with Crippen LogP contribution in [0.5, 0.6) is 5.88 Å². The van der Waals surface area contributed by atoms with Gasteiger partial charge in [-0.1, -0.05) is 0 Å². The Morgan fingerprint density at radius 2 is 2.04 bits per heavy atom. The third kappa shape index (κ3) is 7.79. The molecule has 1 saturated heterocycles. The lowest BCUT2D eigenvalue weighted by Gasteiger charge is -2.27. The molecule has 2 N–H and O–H groups in total. The molecule has 0 bridgehead atoms. The summed E-state index contributed by atoms with van der Waals surface area (Å²) < 4.78 is 24.9. The molecule has 0 spiro atoms. The maximum absolute atomic E-state index is 11.9. The van der Waals surface area contributed by atoms with Crippen molar-refractivity contribution in [3.8, 4) is 5.88 Å². The second-order valence-electron chi connectivity index (χ2n) is 7.16. The molecule has 156 valence electrons. The van der Waals surface area contributed by atoms with Gasteiger partial charge in [0.05, 0.1) is 24.9 Å². The average Bonchev–Trinajstić information content (AvgIpc) is 3.11. The molecule has 0 aromatic carbocycles. The summed E-state index contributed by atoms with van der Waals surface area (Å²) >= 11 is 1.05. The van der Waals surface area contributed by atoms with Gasteiger partial charge in [-0.25, -0.2) is 9.59 Å². The SMILES string of the molecule is CC(C)(C)NC[C@@H](COc1nsnc1N1CCOCC1)OC(=O)/C=C\C(=O)O. The van der Waals surface area contributed by atoms with Gasteiger partial charge in [0.25, 0.3) is 5.88 Å². The number of aromatic nitrogens is 2. The van der Waals surface area contributed by atoms with E-state index in [0.29, 0.717) is 44.5 Å². The van der Waals surface area contributed by atoms with Crippen molar-refractivity contribution in [3.05, 3.63) is 12.2 Å². The lowest BCUT2D eigenvalue weighted by atomic mass is 10.1. The first kappa shape index (κ1) is 22.1. The Morgan fingerprint density at radius 1 is 1.32 bits per heavy atom. The Labute approximate surface area is 167 Å². The van der Waals surface area contributed by atoms with Crippen molar-refractivity contribution in [1.82, 2.24) is 14.1 Å². The van der Waals surface area contributed by atoms with E-state index in [1.807, 2.05) is 25.7 Å². The average molecular weight is 414 g/mol. The van der Waals surface area contributed by atoms with E-state index in [-0.39, 0.29) is 12.1 Å². The molecular weight excluding hydrogens is 388 g/mol. The van der Waals surface area contributed by atoms with Gasteiger partial charge >= 0.3 is 11.9 Å². The number of ether oxygens (including phenoxy) is 3. The predicted molar refractivity (Wildman–Crippen MR) is 103 cm³/mol. The highest BCUT2D eigenvalue weighted by Crippen LogP contribution is 2.26. The summed E-state index contributed by atoms with van der Waals surface area (Å²) in [7, 11) is 0. The van der Waals surface area contributed by atoms with Crippen molar-refractivity contribution in [2.45, 2.75) is 32.4 Å². The van der Waals surface area contributed by atoms with Crippen LogP contribution < -0.4 is 15.0 Å². The summed E-state index contributed by atoms with van der Waals surface area (Å²) in [6.45, 7) is 8.97. The van der Waals surface area contributed by atoms with Gasteiger partial charge in [-0.2, -0.15) is 4.37 Å². The van der Waals surface area contributed by atoms with Gasteiger partial charge < -0.3 is 29.5 Å². The summed E-state index contributed by atoms with van der Waals surface area (Å²) in [5, 5.41) is 11.9. The van der Waals surface area contributed by atoms with Crippen LogP contribution >= 0.6 is 11.7 Å². The van der Waals surface area contributed by atoms with Gasteiger partial charge in [0.1, 0.15) is 12.7 Å². The normalized spacial score (nSPS) is 16.2. The topological polar surface area (TPSA) is 123 Å². The van der Waals surface area contributed by atoms with Crippen LogP contribution in [-0.4, -0.2) is 76.9 Å². The van der Waals surface area contributed by atoms with E-state index >= 15 is 0 Å².